The van der Waals surface area contributed by atoms with E-state index in [2.05, 4.69) is 42.7 Å². The van der Waals surface area contributed by atoms with Crippen LogP contribution in [0.3, 0.4) is 0 Å². The number of aliphatic hydroxyl groups excluding tert-OH is 1. The first-order valence-electron chi connectivity index (χ1n) is 9.64. The summed E-state index contributed by atoms with van der Waals surface area (Å²) >= 11 is 3.66. The van der Waals surface area contributed by atoms with Gasteiger partial charge in [-0.15, -0.1) is 11.8 Å². The Kier molecular flexibility index (Phi) is 7.86. The monoisotopic (exact) mass is 400 g/mol. The lowest BCUT2D eigenvalue weighted by Gasteiger charge is -2.15. The maximum Gasteiger partial charge on any atom is 0.146 e. The maximum atomic E-state index is 12.2. The number of fused-ring (bicyclic) bond motifs is 1. The van der Waals surface area contributed by atoms with Crippen molar-refractivity contribution in [1.82, 2.24) is 0 Å². The van der Waals surface area contributed by atoms with Crippen molar-refractivity contribution in [1.29, 1.82) is 0 Å². The minimum atomic E-state index is -0.510. The Morgan fingerprint density at radius 1 is 1.19 bits per heavy atom. The summed E-state index contributed by atoms with van der Waals surface area (Å²) in [7, 11) is 0. The van der Waals surface area contributed by atoms with Crippen LogP contribution in [0.15, 0.2) is 54.6 Å². The molecule has 0 spiro atoms. The summed E-state index contributed by atoms with van der Waals surface area (Å²) in [5, 5.41) is 13.0. The minimum absolute atomic E-state index is 0.0796. The number of Topliss-reactive ketones (excluding diaryl/α,β-unsaturated/α-hetero) is 1. The molecule has 144 valence electrons. The van der Waals surface area contributed by atoms with Gasteiger partial charge in [0.25, 0.3) is 0 Å². The summed E-state index contributed by atoms with van der Waals surface area (Å²) in [6.45, 7) is 0. The number of ketones is 1. The second-order valence-corrected chi connectivity index (χ2v) is 9.38. The Balaban J connectivity index is 1.55. The Hall–Kier alpha value is -1.23. The van der Waals surface area contributed by atoms with Crippen LogP contribution < -0.4 is 0 Å². The van der Waals surface area contributed by atoms with Crippen molar-refractivity contribution < 1.29 is 9.90 Å². The van der Waals surface area contributed by atoms with Crippen LogP contribution in [0, 0.1) is 5.92 Å². The van der Waals surface area contributed by atoms with Crippen molar-refractivity contribution in [2.75, 3.05) is 17.8 Å². The highest BCUT2D eigenvalue weighted by molar-refractivity contribution is 8.00. The number of hydrogen-bond donors (Lipinski definition) is 1. The van der Waals surface area contributed by atoms with E-state index in [4.69, 9.17) is 0 Å². The molecule has 0 amide bonds. The van der Waals surface area contributed by atoms with E-state index in [9.17, 15) is 9.90 Å². The van der Waals surface area contributed by atoms with Crippen molar-refractivity contribution in [3.05, 3.63) is 60.2 Å². The molecule has 1 aliphatic rings. The Morgan fingerprint density at radius 2 is 2.00 bits per heavy atom. The van der Waals surface area contributed by atoms with Gasteiger partial charge in [-0.1, -0.05) is 54.6 Å². The van der Waals surface area contributed by atoms with Gasteiger partial charge in [-0.25, -0.2) is 0 Å². The molecule has 2 aromatic carbocycles. The van der Waals surface area contributed by atoms with Gasteiger partial charge in [0.2, 0.25) is 0 Å². The number of aliphatic hydroxyl groups is 1. The van der Waals surface area contributed by atoms with Crippen LogP contribution in [-0.2, 0) is 11.2 Å². The quantitative estimate of drug-likeness (QED) is 0.467. The van der Waals surface area contributed by atoms with E-state index in [0.717, 1.165) is 29.9 Å². The SMILES string of the molecule is CSCCCS[C@H]1C(=O)CC[C@@H]1/C=C/C(O)Cc1ccc2ccccc2c1. The Labute approximate surface area is 170 Å². The number of hydrogen-bond acceptors (Lipinski definition) is 4. The smallest absolute Gasteiger partial charge is 0.146 e. The van der Waals surface area contributed by atoms with Crippen LogP contribution in [0.5, 0.6) is 0 Å². The summed E-state index contributed by atoms with van der Waals surface area (Å²) in [6, 6.07) is 14.6. The summed E-state index contributed by atoms with van der Waals surface area (Å²) in [5.41, 5.74) is 1.14. The lowest BCUT2D eigenvalue weighted by atomic mass is 10.0. The predicted octanol–water partition coefficient (Wildman–Crippen LogP) is 5.13. The van der Waals surface area contributed by atoms with Crippen molar-refractivity contribution in [3.8, 4) is 0 Å². The average molecular weight is 401 g/mol. The third-order valence-corrected chi connectivity index (χ3v) is 7.25. The van der Waals surface area contributed by atoms with E-state index in [1.165, 1.54) is 10.8 Å². The third kappa shape index (κ3) is 5.87. The van der Waals surface area contributed by atoms with Crippen molar-refractivity contribution in [2.45, 2.75) is 37.0 Å². The summed E-state index contributed by atoms with van der Waals surface area (Å²) in [6.07, 6.45) is 8.94. The van der Waals surface area contributed by atoms with Crippen molar-refractivity contribution in [2.24, 2.45) is 5.92 Å². The average Bonchev–Trinajstić information content (AvgIpc) is 3.03. The lowest BCUT2D eigenvalue weighted by molar-refractivity contribution is -0.117. The molecular weight excluding hydrogens is 372 g/mol. The molecule has 0 saturated heterocycles. The molecule has 0 aliphatic heterocycles. The van der Waals surface area contributed by atoms with Gasteiger partial charge in [-0.05, 0) is 52.9 Å². The number of carbonyl (C=O) groups is 1. The first-order valence-corrected chi connectivity index (χ1v) is 12.1. The van der Waals surface area contributed by atoms with Gasteiger partial charge in [0, 0.05) is 12.8 Å². The van der Waals surface area contributed by atoms with Gasteiger partial charge in [0.15, 0.2) is 0 Å². The first-order chi connectivity index (χ1) is 13.2. The molecule has 1 aliphatic carbocycles. The van der Waals surface area contributed by atoms with Crippen LogP contribution in [0.4, 0.5) is 0 Å². The van der Waals surface area contributed by atoms with E-state index < -0.39 is 6.10 Å². The van der Waals surface area contributed by atoms with E-state index in [0.29, 0.717) is 18.6 Å². The fourth-order valence-electron chi connectivity index (χ4n) is 3.61. The van der Waals surface area contributed by atoms with Crippen LogP contribution in [0.25, 0.3) is 10.8 Å². The molecule has 4 heteroatoms. The number of thioether (sulfide) groups is 2. The van der Waals surface area contributed by atoms with E-state index in [-0.39, 0.29) is 11.2 Å². The molecule has 0 aromatic heterocycles. The van der Waals surface area contributed by atoms with Crippen LogP contribution in [0.2, 0.25) is 0 Å². The zero-order valence-electron chi connectivity index (χ0n) is 15.8. The fourth-order valence-corrected chi connectivity index (χ4v) is 5.57. The Bertz CT molecular complexity index is 787. The molecule has 0 bridgehead atoms. The molecule has 0 radical (unpaired) electrons. The van der Waals surface area contributed by atoms with Crippen molar-refractivity contribution >= 4 is 40.1 Å². The molecule has 27 heavy (non-hydrogen) atoms. The summed E-state index contributed by atoms with van der Waals surface area (Å²) in [5.74, 6) is 2.84. The van der Waals surface area contributed by atoms with Crippen LogP contribution in [-0.4, -0.2) is 40.0 Å². The van der Waals surface area contributed by atoms with Gasteiger partial charge in [0.1, 0.15) is 5.78 Å². The molecule has 1 unspecified atom stereocenters. The van der Waals surface area contributed by atoms with E-state index >= 15 is 0 Å². The molecule has 3 atom stereocenters. The van der Waals surface area contributed by atoms with Gasteiger partial charge in [-0.2, -0.15) is 11.8 Å². The molecule has 3 rings (SSSR count). The first kappa shape index (κ1) is 20.5. The van der Waals surface area contributed by atoms with Gasteiger partial charge in [-0.3, -0.25) is 4.79 Å². The predicted molar refractivity (Wildman–Crippen MR) is 120 cm³/mol. The largest absolute Gasteiger partial charge is 0.389 e. The summed E-state index contributed by atoms with van der Waals surface area (Å²) < 4.78 is 0. The Morgan fingerprint density at radius 3 is 2.81 bits per heavy atom. The molecule has 2 nitrogen and oxygen atoms in total. The number of allylic oxidation sites excluding steroid dienone is 1. The molecule has 0 heterocycles. The molecule has 1 saturated carbocycles. The lowest BCUT2D eigenvalue weighted by Crippen LogP contribution is -2.17. The zero-order valence-corrected chi connectivity index (χ0v) is 17.5. The second-order valence-electron chi connectivity index (χ2n) is 7.14. The second kappa shape index (κ2) is 10.4. The summed E-state index contributed by atoms with van der Waals surface area (Å²) in [4.78, 5) is 12.2. The highest BCUT2D eigenvalue weighted by Gasteiger charge is 2.33. The van der Waals surface area contributed by atoms with Crippen LogP contribution in [0.1, 0.15) is 24.8 Å². The number of carbonyl (C=O) groups excluding carboxylic acids is 1. The molecular formula is C23H28O2S2. The standard InChI is InChI=1S/C23H28O2S2/c1-26-13-4-14-27-23-19(10-12-22(23)25)9-11-21(24)16-17-7-8-18-5-2-3-6-20(18)15-17/h2-3,5-9,11,15,19,21,23-24H,4,10,12-14,16H2,1H3/b11-9+/t19-,21?,23+/m0/s1. The fraction of sp³-hybridized carbons (Fsp3) is 0.435. The number of benzene rings is 2. The maximum absolute atomic E-state index is 12.2. The molecule has 1 fully saturated rings. The third-order valence-electron chi connectivity index (χ3n) is 5.06. The van der Waals surface area contributed by atoms with Crippen molar-refractivity contribution in [3.63, 3.8) is 0 Å². The van der Waals surface area contributed by atoms with Gasteiger partial charge in [0.05, 0.1) is 11.4 Å². The van der Waals surface area contributed by atoms with Crippen LogP contribution >= 0.6 is 23.5 Å². The molecule has 1 N–H and O–H groups in total. The minimum Gasteiger partial charge on any atom is -0.389 e. The van der Waals surface area contributed by atoms with Gasteiger partial charge >= 0.3 is 0 Å². The highest BCUT2D eigenvalue weighted by atomic mass is 32.2. The zero-order chi connectivity index (χ0) is 19.1. The number of rotatable bonds is 9. The van der Waals surface area contributed by atoms with E-state index in [1.807, 2.05) is 30.0 Å². The topological polar surface area (TPSA) is 37.3 Å². The van der Waals surface area contributed by atoms with E-state index in [1.54, 1.807) is 11.8 Å². The normalized spacial score (nSPS) is 21.3. The highest BCUT2D eigenvalue weighted by Crippen LogP contribution is 2.34. The molecule has 2 aromatic rings. The van der Waals surface area contributed by atoms with Gasteiger partial charge < -0.3 is 5.11 Å².